The molecule has 4 aromatic rings. The molecule has 0 saturated carbocycles. The van der Waals surface area contributed by atoms with Crippen molar-refractivity contribution in [3.05, 3.63) is 130 Å². The lowest BCUT2D eigenvalue weighted by molar-refractivity contribution is -0.140. The topological polar surface area (TPSA) is 86.8 Å². The summed E-state index contributed by atoms with van der Waals surface area (Å²) in [6.07, 6.45) is 0.201. The van der Waals surface area contributed by atoms with Gasteiger partial charge < -0.3 is 10.2 Å². The van der Waals surface area contributed by atoms with E-state index < -0.39 is 34.1 Å². The first-order valence-electron chi connectivity index (χ1n) is 14.1. The number of carbonyl (C=O) groups is 2. The van der Waals surface area contributed by atoms with Crippen LogP contribution >= 0.6 is 23.2 Å². The Kier molecular flexibility index (Phi) is 10.7. The van der Waals surface area contributed by atoms with Crippen LogP contribution in [0, 0.1) is 0 Å². The van der Waals surface area contributed by atoms with E-state index in [0.29, 0.717) is 10.6 Å². The molecule has 0 bridgehead atoms. The van der Waals surface area contributed by atoms with Crippen LogP contribution < -0.4 is 9.62 Å². The molecule has 0 spiro atoms. The van der Waals surface area contributed by atoms with E-state index in [2.05, 4.69) is 5.32 Å². The summed E-state index contributed by atoms with van der Waals surface area (Å²) in [5.74, 6) is -0.957. The van der Waals surface area contributed by atoms with Gasteiger partial charge in [0.25, 0.3) is 10.0 Å². The third-order valence-electron chi connectivity index (χ3n) is 6.74. The van der Waals surface area contributed by atoms with Crippen LogP contribution in [-0.4, -0.2) is 43.3 Å². The van der Waals surface area contributed by atoms with Gasteiger partial charge in [-0.1, -0.05) is 96.0 Å². The highest BCUT2D eigenvalue weighted by molar-refractivity contribution is 7.92. The van der Waals surface area contributed by atoms with Gasteiger partial charge in [-0.05, 0) is 68.3 Å². The maximum absolute atomic E-state index is 14.5. The van der Waals surface area contributed by atoms with Crippen LogP contribution in [0.2, 0.25) is 10.0 Å². The van der Waals surface area contributed by atoms with E-state index in [4.69, 9.17) is 23.2 Å². The second kappa shape index (κ2) is 14.3. The van der Waals surface area contributed by atoms with Crippen molar-refractivity contribution in [1.82, 2.24) is 10.2 Å². The number of sulfonamides is 1. The molecule has 1 atom stereocenters. The first-order valence-corrected chi connectivity index (χ1v) is 16.3. The van der Waals surface area contributed by atoms with Crippen LogP contribution in [0.15, 0.2) is 114 Å². The molecule has 0 unspecified atom stereocenters. The van der Waals surface area contributed by atoms with Crippen molar-refractivity contribution < 1.29 is 18.0 Å². The number of amides is 2. The SMILES string of the molecule is CC(C)(C)NC(=O)[C@@H](Cc1ccccc1)N(Cc1cccc(Cl)c1)C(=O)CN(c1ccccc1Cl)S(=O)(=O)c1ccccc1. The smallest absolute Gasteiger partial charge is 0.264 e. The fraction of sp³-hybridized carbons (Fsp3) is 0.235. The summed E-state index contributed by atoms with van der Waals surface area (Å²) in [6.45, 7) is 4.99. The third kappa shape index (κ3) is 8.62. The zero-order chi connectivity index (χ0) is 31.9. The predicted octanol–water partition coefficient (Wildman–Crippen LogP) is 6.74. The van der Waals surface area contributed by atoms with E-state index in [-0.39, 0.29) is 34.5 Å². The number of nitrogens with one attached hydrogen (secondary N) is 1. The van der Waals surface area contributed by atoms with E-state index in [0.717, 1.165) is 9.87 Å². The van der Waals surface area contributed by atoms with Crippen LogP contribution in [0.3, 0.4) is 0 Å². The Morgan fingerprint density at radius 3 is 2.00 bits per heavy atom. The van der Waals surface area contributed by atoms with Crippen LogP contribution in [0.4, 0.5) is 5.69 Å². The minimum absolute atomic E-state index is 0.000391. The first kappa shape index (κ1) is 33.1. The maximum atomic E-state index is 14.5. The van der Waals surface area contributed by atoms with Gasteiger partial charge in [0, 0.05) is 23.5 Å². The molecule has 4 rings (SSSR count). The van der Waals surface area contributed by atoms with Crippen molar-refractivity contribution in [3.63, 3.8) is 0 Å². The minimum Gasteiger partial charge on any atom is -0.350 e. The molecular weight excluding hydrogens is 617 g/mol. The summed E-state index contributed by atoms with van der Waals surface area (Å²) in [6, 6.07) is 29.7. The molecule has 7 nitrogen and oxygen atoms in total. The molecule has 4 aromatic carbocycles. The molecule has 0 radical (unpaired) electrons. The van der Waals surface area contributed by atoms with Gasteiger partial charge in [-0.3, -0.25) is 13.9 Å². The van der Waals surface area contributed by atoms with E-state index in [9.17, 15) is 18.0 Å². The monoisotopic (exact) mass is 651 g/mol. The molecule has 10 heteroatoms. The Morgan fingerprint density at radius 2 is 1.39 bits per heavy atom. The van der Waals surface area contributed by atoms with E-state index in [1.54, 1.807) is 66.7 Å². The molecule has 0 fully saturated rings. The quantitative estimate of drug-likeness (QED) is 0.194. The average Bonchev–Trinajstić information content (AvgIpc) is 2.98. The number of hydrogen-bond donors (Lipinski definition) is 1. The molecule has 44 heavy (non-hydrogen) atoms. The van der Waals surface area contributed by atoms with Crippen LogP contribution in [0.25, 0.3) is 0 Å². The van der Waals surface area contributed by atoms with Crippen LogP contribution in [-0.2, 0) is 32.6 Å². The lowest BCUT2D eigenvalue weighted by Gasteiger charge is -2.35. The molecule has 0 aromatic heterocycles. The minimum atomic E-state index is -4.24. The number of hydrogen-bond acceptors (Lipinski definition) is 4. The molecule has 0 aliphatic heterocycles. The van der Waals surface area contributed by atoms with Gasteiger partial charge in [-0.2, -0.15) is 0 Å². The summed E-state index contributed by atoms with van der Waals surface area (Å²) in [5.41, 5.74) is 1.08. The van der Waals surface area contributed by atoms with Crippen molar-refractivity contribution in [2.75, 3.05) is 10.8 Å². The lowest BCUT2D eigenvalue weighted by Crippen LogP contribution is -2.56. The molecule has 2 amide bonds. The van der Waals surface area contributed by atoms with Crippen molar-refractivity contribution in [1.29, 1.82) is 0 Å². The molecule has 0 saturated heterocycles. The maximum Gasteiger partial charge on any atom is 0.264 e. The van der Waals surface area contributed by atoms with Crippen molar-refractivity contribution >= 4 is 50.7 Å². The summed E-state index contributed by atoms with van der Waals surface area (Å²) in [4.78, 5) is 29.8. The fourth-order valence-electron chi connectivity index (χ4n) is 4.73. The Labute approximate surface area is 269 Å². The highest BCUT2D eigenvalue weighted by Crippen LogP contribution is 2.31. The molecule has 1 N–H and O–H groups in total. The summed E-state index contributed by atoms with van der Waals surface area (Å²) >= 11 is 12.8. The number of para-hydroxylation sites is 1. The Hall–Kier alpha value is -3.85. The number of anilines is 1. The molecular formula is C34H35Cl2N3O4S. The van der Waals surface area contributed by atoms with Gasteiger partial charge in [0.05, 0.1) is 15.6 Å². The predicted molar refractivity (Wildman–Crippen MR) is 176 cm³/mol. The number of benzene rings is 4. The first-order chi connectivity index (χ1) is 20.8. The second-order valence-corrected chi connectivity index (χ2v) is 14.1. The van der Waals surface area contributed by atoms with Gasteiger partial charge >= 0.3 is 0 Å². The van der Waals surface area contributed by atoms with Gasteiger partial charge in [0.1, 0.15) is 12.6 Å². The van der Waals surface area contributed by atoms with Gasteiger partial charge in [-0.15, -0.1) is 0 Å². The molecule has 230 valence electrons. The highest BCUT2D eigenvalue weighted by Gasteiger charge is 2.36. The number of halogens is 2. The van der Waals surface area contributed by atoms with E-state index in [1.807, 2.05) is 51.1 Å². The fourth-order valence-corrected chi connectivity index (χ4v) is 6.68. The molecule has 0 aliphatic rings. The van der Waals surface area contributed by atoms with Crippen molar-refractivity contribution in [2.45, 2.75) is 50.2 Å². The highest BCUT2D eigenvalue weighted by atomic mass is 35.5. The zero-order valence-corrected chi connectivity index (χ0v) is 27.1. The van der Waals surface area contributed by atoms with E-state index in [1.165, 1.54) is 17.0 Å². The lowest BCUT2D eigenvalue weighted by atomic mass is 10.0. The van der Waals surface area contributed by atoms with Gasteiger partial charge in [-0.25, -0.2) is 8.42 Å². The number of carbonyl (C=O) groups excluding carboxylic acids is 2. The van der Waals surface area contributed by atoms with Gasteiger partial charge in [0.2, 0.25) is 11.8 Å². The average molecular weight is 653 g/mol. The summed E-state index contributed by atoms with van der Waals surface area (Å²) < 4.78 is 29.1. The number of nitrogens with zero attached hydrogens (tertiary/aromatic N) is 2. The van der Waals surface area contributed by atoms with Crippen molar-refractivity contribution in [3.8, 4) is 0 Å². The zero-order valence-electron chi connectivity index (χ0n) is 24.8. The van der Waals surface area contributed by atoms with Gasteiger partial charge in [0.15, 0.2) is 0 Å². The summed E-state index contributed by atoms with van der Waals surface area (Å²) in [5, 5.41) is 3.64. The Bertz CT molecular complexity index is 1690. The number of rotatable bonds is 11. The Balaban J connectivity index is 1.82. The Morgan fingerprint density at radius 1 is 0.795 bits per heavy atom. The van der Waals surface area contributed by atoms with E-state index >= 15 is 0 Å². The normalized spacial score (nSPS) is 12.3. The van der Waals surface area contributed by atoms with Crippen LogP contribution in [0.1, 0.15) is 31.9 Å². The molecule has 0 heterocycles. The second-order valence-electron chi connectivity index (χ2n) is 11.4. The van der Waals surface area contributed by atoms with Crippen LogP contribution in [0.5, 0.6) is 0 Å². The standard InChI is InChI=1S/C34H35Cl2N3O4S/c1-34(2,3)37-33(41)31(22-25-13-6-4-7-14-25)38(23-26-15-12-16-27(35)21-26)32(40)24-39(30-20-11-10-19-29(30)36)44(42,43)28-17-8-5-9-18-28/h4-21,31H,22-24H2,1-3H3,(H,37,41)/t31-/m1/s1. The molecule has 0 aliphatic carbocycles. The summed E-state index contributed by atoms with van der Waals surface area (Å²) in [7, 11) is -4.24. The van der Waals surface area contributed by atoms with Crippen molar-refractivity contribution in [2.24, 2.45) is 0 Å². The largest absolute Gasteiger partial charge is 0.350 e. The third-order valence-corrected chi connectivity index (χ3v) is 9.07.